The highest BCUT2D eigenvalue weighted by molar-refractivity contribution is 9.09. The van der Waals surface area contributed by atoms with Gasteiger partial charge < -0.3 is 4.74 Å². The molecule has 0 atom stereocenters. The van der Waals surface area contributed by atoms with E-state index in [2.05, 4.69) is 15.9 Å². The van der Waals surface area contributed by atoms with Gasteiger partial charge in [0.1, 0.15) is 0 Å². The van der Waals surface area contributed by atoms with Crippen molar-refractivity contribution in [3.05, 3.63) is 0 Å². The highest BCUT2D eigenvalue weighted by Gasteiger charge is 2.30. The number of hydrogen-bond donors (Lipinski definition) is 0. The molecule has 0 unspecified atom stereocenters. The van der Waals surface area contributed by atoms with Gasteiger partial charge in [0, 0.05) is 5.33 Å². The number of esters is 1. The van der Waals surface area contributed by atoms with E-state index >= 15 is 0 Å². The van der Waals surface area contributed by atoms with Crippen LogP contribution in [0, 0.1) is 5.92 Å². The second-order valence-electron chi connectivity index (χ2n) is 5.31. The summed E-state index contributed by atoms with van der Waals surface area (Å²) < 4.78 is 5.19. The molecule has 0 saturated heterocycles. The second-order valence-corrected chi connectivity index (χ2v) is 6.11. The molecule has 3 heteroatoms. The molecule has 1 fully saturated rings. The summed E-state index contributed by atoms with van der Waals surface area (Å²) in [6, 6.07) is 0. The van der Waals surface area contributed by atoms with Gasteiger partial charge in [-0.2, -0.15) is 0 Å². The van der Waals surface area contributed by atoms with Crippen molar-refractivity contribution >= 4 is 21.9 Å². The Kier molecular flexibility index (Phi) is 9.63. The summed E-state index contributed by atoms with van der Waals surface area (Å²) in [5, 5.41) is 1.15. The maximum absolute atomic E-state index is 11.2. The van der Waals surface area contributed by atoms with Crippen LogP contribution in [-0.4, -0.2) is 17.9 Å². The molecule has 0 heterocycles. The van der Waals surface area contributed by atoms with E-state index in [1.807, 2.05) is 0 Å². The van der Waals surface area contributed by atoms with Crippen LogP contribution < -0.4 is 0 Å². The molecule has 1 saturated carbocycles. The Morgan fingerprint density at radius 3 is 1.89 bits per heavy atom. The predicted octanol–water partition coefficient (Wildman–Crippen LogP) is 4.85. The van der Waals surface area contributed by atoms with Gasteiger partial charge in [0.05, 0.1) is 12.5 Å². The fourth-order valence-electron chi connectivity index (χ4n) is 2.04. The van der Waals surface area contributed by atoms with Crippen molar-refractivity contribution in [2.45, 2.75) is 70.6 Å². The Hall–Kier alpha value is -0.0500. The minimum atomic E-state index is 0.0433. The number of halogens is 1. The van der Waals surface area contributed by atoms with Crippen LogP contribution in [0.15, 0.2) is 0 Å². The number of carbonyl (C=O) groups is 1. The molecule has 1 rings (SSSR count). The van der Waals surface area contributed by atoms with Gasteiger partial charge >= 0.3 is 5.97 Å². The lowest BCUT2D eigenvalue weighted by Gasteiger charge is -2.04. The van der Waals surface area contributed by atoms with Crippen LogP contribution in [0.2, 0.25) is 0 Å². The number of hydrogen-bond acceptors (Lipinski definition) is 2. The molecule has 0 aromatic heterocycles. The Bertz CT molecular complexity index is 215. The quantitative estimate of drug-likeness (QED) is 0.292. The first-order valence-corrected chi connectivity index (χ1v) is 8.69. The van der Waals surface area contributed by atoms with Gasteiger partial charge in [-0.1, -0.05) is 60.9 Å². The van der Waals surface area contributed by atoms with Gasteiger partial charge in [-0.3, -0.25) is 4.79 Å². The summed E-state index contributed by atoms with van der Waals surface area (Å²) in [7, 11) is 0. The van der Waals surface area contributed by atoms with Crippen LogP contribution >= 0.6 is 15.9 Å². The highest BCUT2D eigenvalue weighted by atomic mass is 79.9. The van der Waals surface area contributed by atoms with Crippen molar-refractivity contribution in [3.8, 4) is 0 Å². The molecule has 1 aliphatic carbocycles. The van der Waals surface area contributed by atoms with Gasteiger partial charge in [0.2, 0.25) is 0 Å². The molecule has 1 aliphatic rings. The molecular weight excluding hydrogens is 292 g/mol. The third-order valence-electron chi connectivity index (χ3n) is 3.43. The summed E-state index contributed by atoms with van der Waals surface area (Å²) in [5.74, 6) is 0.298. The topological polar surface area (TPSA) is 26.3 Å². The SMILES string of the molecule is O=C(OCCCCCCCCCCCBr)C1CC1. The molecule has 0 radical (unpaired) electrons. The number of alkyl halides is 1. The van der Waals surface area contributed by atoms with Crippen LogP contribution in [0.5, 0.6) is 0 Å². The highest BCUT2D eigenvalue weighted by Crippen LogP contribution is 2.30. The van der Waals surface area contributed by atoms with E-state index in [9.17, 15) is 4.79 Å². The zero-order valence-electron chi connectivity index (χ0n) is 11.5. The second kappa shape index (κ2) is 10.8. The Balaban J connectivity index is 1.69. The summed E-state index contributed by atoms with van der Waals surface area (Å²) >= 11 is 3.45. The molecule has 106 valence electrons. The Labute approximate surface area is 120 Å². The van der Waals surface area contributed by atoms with Crippen molar-refractivity contribution in [2.75, 3.05) is 11.9 Å². The number of carbonyl (C=O) groups excluding carboxylic acids is 1. The van der Waals surface area contributed by atoms with Crippen LogP contribution in [0.4, 0.5) is 0 Å². The molecule has 0 bridgehead atoms. The molecule has 18 heavy (non-hydrogen) atoms. The average Bonchev–Trinajstić information content (AvgIpc) is 3.20. The van der Waals surface area contributed by atoms with Crippen LogP contribution in [0.3, 0.4) is 0 Å². The molecule has 0 aliphatic heterocycles. The van der Waals surface area contributed by atoms with E-state index in [0.717, 1.165) is 24.6 Å². The van der Waals surface area contributed by atoms with Crippen LogP contribution in [0.1, 0.15) is 70.6 Å². The zero-order chi connectivity index (χ0) is 13.1. The summed E-state index contributed by atoms with van der Waals surface area (Å²) in [4.78, 5) is 11.2. The van der Waals surface area contributed by atoms with E-state index in [0.29, 0.717) is 6.61 Å². The first-order valence-electron chi connectivity index (χ1n) is 7.57. The lowest BCUT2D eigenvalue weighted by molar-refractivity contribution is -0.145. The Morgan fingerprint density at radius 1 is 0.889 bits per heavy atom. The molecule has 0 aromatic carbocycles. The minimum absolute atomic E-state index is 0.0433. The van der Waals surface area contributed by atoms with Crippen LogP contribution in [-0.2, 0) is 9.53 Å². The van der Waals surface area contributed by atoms with E-state index in [4.69, 9.17) is 4.74 Å². The molecular formula is C15H27BrO2. The molecule has 0 spiro atoms. The first kappa shape index (κ1) is 16.0. The maximum Gasteiger partial charge on any atom is 0.308 e. The number of rotatable bonds is 12. The third-order valence-corrected chi connectivity index (χ3v) is 3.99. The zero-order valence-corrected chi connectivity index (χ0v) is 13.1. The van der Waals surface area contributed by atoms with E-state index < -0.39 is 0 Å². The predicted molar refractivity (Wildman–Crippen MR) is 79.0 cm³/mol. The molecule has 0 N–H and O–H groups in total. The van der Waals surface area contributed by atoms with E-state index in [1.54, 1.807) is 0 Å². The fourth-order valence-corrected chi connectivity index (χ4v) is 2.44. The van der Waals surface area contributed by atoms with Gasteiger partial charge in [-0.15, -0.1) is 0 Å². The van der Waals surface area contributed by atoms with Crippen molar-refractivity contribution < 1.29 is 9.53 Å². The van der Waals surface area contributed by atoms with Crippen molar-refractivity contribution in [3.63, 3.8) is 0 Å². The van der Waals surface area contributed by atoms with Gasteiger partial charge in [-0.25, -0.2) is 0 Å². The summed E-state index contributed by atoms with van der Waals surface area (Å²) in [6.45, 7) is 0.639. The van der Waals surface area contributed by atoms with Gasteiger partial charge in [-0.05, 0) is 25.7 Å². The monoisotopic (exact) mass is 318 g/mol. The van der Waals surface area contributed by atoms with Gasteiger partial charge in [0.25, 0.3) is 0 Å². The smallest absolute Gasteiger partial charge is 0.308 e. The molecule has 0 aromatic rings. The lowest BCUT2D eigenvalue weighted by atomic mass is 10.1. The molecule has 2 nitrogen and oxygen atoms in total. The average molecular weight is 319 g/mol. The summed E-state index contributed by atoms with van der Waals surface area (Å²) in [6.07, 6.45) is 13.8. The standard InChI is InChI=1S/C15H27BrO2/c16-12-8-6-4-2-1-3-5-7-9-13-18-15(17)14-10-11-14/h14H,1-13H2. The van der Waals surface area contributed by atoms with Crippen molar-refractivity contribution in [2.24, 2.45) is 5.92 Å². The third kappa shape index (κ3) is 8.96. The Morgan fingerprint density at radius 2 is 1.39 bits per heavy atom. The number of ether oxygens (including phenoxy) is 1. The number of unbranched alkanes of at least 4 members (excludes halogenated alkanes) is 8. The summed E-state index contributed by atoms with van der Waals surface area (Å²) in [5.41, 5.74) is 0. The lowest BCUT2D eigenvalue weighted by Crippen LogP contribution is -2.07. The van der Waals surface area contributed by atoms with Crippen molar-refractivity contribution in [1.29, 1.82) is 0 Å². The minimum Gasteiger partial charge on any atom is -0.465 e. The van der Waals surface area contributed by atoms with Gasteiger partial charge in [0.15, 0.2) is 0 Å². The largest absolute Gasteiger partial charge is 0.465 e. The molecule has 0 amide bonds. The van der Waals surface area contributed by atoms with E-state index in [-0.39, 0.29) is 11.9 Å². The fraction of sp³-hybridized carbons (Fsp3) is 0.933. The maximum atomic E-state index is 11.2. The first-order chi connectivity index (χ1) is 8.84. The normalized spacial score (nSPS) is 14.7. The van der Waals surface area contributed by atoms with E-state index in [1.165, 1.54) is 51.4 Å². The van der Waals surface area contributed by atoms with Crippen LogP contribution in [0.25, 0.3) is 0 Å². The van der Waals surface area contributed by atoms with Crippen molar-refractivity contribution in [1.82, 2.24) is 0 Å².